The predicted molar refractivity (Wildman–Crippen MR) is 137 cm³/mol. The van der Waals surface area contributed by atoms with E-state index in [0.717, 1.165) is 5.56 Å². The van der Waals surface area contributed by atoms with Crippen LogP contribution in [0, 0.1) is 0 Å². The molecule has 2 aliphatic rings. The van der Waals surface area contributed by atoms with Crippen LogP contribution in [0.25, 0.3) is 11.1 Å². The van der Waals surface area contributed by atoms with E-state index in [4.69, 9.17) is 9.47 Å². The highest BCUT2D eigenvalue weighted by molar-refractivity contribution is 7.91. The number of hydrogen-bond donors (Lipinski definition) is 2. The molecule has 2 saturated heterocycles. The third kappa shape index (κ3) is 6.23. The zero-order chi connectivity index (χ0) is 26.5. The van der Waals surface area contributed by atoms with Crippen molar-refractivity contribution in [1.82, 2.24) is 15.1 Å². The summed E-state index contributed by atoms with van der Waals surface area (Å²) >= 11 is 0. The van der Waals surface area contributed by atoms with Gasteiger partial charge in [-0.25, -0.2) is 13.2 Å². The van der Waals surface area contributed by atoms with Gasteiger partial charge in [-0.2, -0.15) is 0 Å². The van der Waals surface area contributed by atoms with Crippen LogP contribution in [-0.2, 0) is 19.4 Å². The molecule has 2 fully saturated rings. The van der Waals surface area contributed by atoms with Crippen molar-refractivity contribution in [3.8, 4) is 16.9 Å². The van der Waals surface area contributed by atoms with Gasteiger partial charge in [0.1, 0.15) is 16.5 Å². The molecular weight excluding hydrogens is 498 g/mol. The molecule has 0 saturated carbocycles. The number of aliphatic carboxylic acids is 1. The molecular formula is C26H33N3O7S. The molecule has 200 valence electrons. The monoisotopic (exact) mass is 531 g/mol. The van der Waals surface area contributed by atoms with Crippen molar-refractivity contribution in [2.75, 3.05) is 52.4 Å². The standard InChI is InChI=1S/C26H33N3O7S/c1-35-22-9-5-8-21(20-6-3-2-4-7-20)24(22)37(33,34)19-27-26(18-23(30)31)10-12-28(13-11-26)25(32)29-14-16-36-17-15-29/h2-9,27H,10-19H2,1H3,(H,30,31). The average Bonchev–Trinajstić information content (AvgIpc) is 2.92. The Labute approximate surface area is 217 Å². The van der Waals surface area contributed by atoms with Crippen LogP contribution in [0.15, 0.2) is 53.4 Å². The number of amides is 2. The lowest BCUT2D eigenvalue weighted by Crippen LogP contribution is -2.58. The second kappa shape index (κ2) is 11.5. The number of carboxylic acids is 1. The van der Waals surface area contributed by atoms with Crippen molar-refractivity contribution in [2.45, 2.75) is 29.7 Å². The molecule has 0 unspecified atom stereocenters. The Morgan fingerprint density at radius 3 is 2.27 bits per heavy atom. The largest absolute Gasteiger partial charge is 0.495 e. The molecule has 0 aliphatic carbocycles. The van der Waals surface area contributed by atoms with E-state index in [0.29, 0.717) is 57.8 Å². The first-order valence-electron chi connectivity index (χ1n) is 12.3. The summed E-state index contributed by atoms with van der Waals surface area (Å²) in [5.74, 6) is -1.26. The highest BCUT2D eigenvalue weighted by atomic mass is 32.2. The van der Waals surface area contributed by atoms with E-state index >= 15 is 0 Å². The Bertz CT molecular complexity index is 1210. The summed E-state index contributed by atoms with van der Waals surface area (Å²) in [6, 6.07) is 14.1. The van der Waals surface area contributed by atoms with Gasteiger partial charge in [-0.05, 0) is 24.5 Å². The van der Waals surface area contributed by atoms with Crippen LogP contribution in [0.4, 0.5) is 4.79 Å². The number of nitrogens with zero attached hydrogens (tertiary/aromatic N) is 2. The van der Waals surface area contributed by atoms with E-state index in [1.54, 1.807) is 28.0 Å². The zero-order valence-electron chi connectivity index (χ0n) is 20.9. The van der Waals surface area contributed by atoms with Gasteiger partial charge in [0.05, 0.1) is 26.7 Å². The number of likely N-dealkylation sites (tertiary alicyclic amines) is 1. The Morgan fingerprint density at radius 2 is 1.65 bits per heavy atom. The molecule has 2 heterocycles. The zero-order valence-corrected chi connectivity index (χ0v) is 21.7. The molecule has 0 aromatic heterocycles. The fourth-order valence-electron chi connectivity index (χ4n) is 4.95. The Balaban J connectivity index is 1.53. The van der Waals surface area contributed by atoms with Crippen LogP contribution in [0.1, 0.15) is 19.3 Å². The fourth-order valence-corrected chi connectivity index (χ4v) is 6.57. The van der Waals surface area contributed by atoms with Crippen molar-refractivity contribution in [3.63, 3.8) is 0 Å². The summed E-state index contributed by atoms with van der Waals surface area (Å²) in [7, 11) is -2.51. The van der Waals surface area contributed by atoms with Gasteiger partial charge in [0, 0.05) is 37.3 Å². The Morgan fingerprint density at radius 1 is 1.00 bits per heavy atom. The van der Waals surface area contributed by atoms with Gasteiger partial charge < -0.3 is 24.4 Å². The molecule has 10 nitrogen and oxygen atoms in total. The molecule has 0 bridgehead atoms. The van der Waals surface area contributed by atoms with Gasteiger partial charge in [-0.1, -0.05) is 42.5 Å². The number of methoxy groups -OCH3 is 1. The first kappa shape index (κ1) is 26.9. The quantitative estimate of drug-likeness (QED) is 0.532. The van der Waals surface area contributed by atoms with Crippen LogP contribution in [-0.4, -0.2) is 93.2 Å². The van der Waals surface area contributed by atoms with E-state index in [9.17, 15) is 23.1 Å². The third-order valence-electron chi connectivity index (χ3n) is 6.99. The first-order chi connectivity index (χ1) is 17.7. The number of rotatable bonds is 8. The van der Waals surface area contributed by atoms with E-state index in [1.165, 1.54) is 7.11 Å². The summed E-state index contributed by atoms with van der Waals surface area (Å²) in [6.45, 7) is 2.70. The smallest absolute Gasteiger partial charge is 0.320 e. The van der Waals surface area contributed by atoms with Crippen molar-refractivity contribution in [2.24, 2.45) is 0 Å². The van der Waals surface area contributed by atoms with Gasteiger partial charge in [0.25, 0.3) is 0 Å². The Kier molecular flexibility index (Phi) is 8.35. The van der Waals surface area contributed by atoms with E-state index < -0.39 is 27.2 Å². The molecule has 11 heteroatoms. The predicted octanol–water partition coefficient (Wildman–Crippen LogP) is 2.44. The normalized spacial score (nSPS) is 17.9. The number of nitrogens with one attached hydrogen (secondary N) is 1. The fraction of sp³-hybridized carbons (Fsp3) is 0.462. The minimum absolute atomic E-state index is 0.0570. The number of ether oxygens (including phenoxy) is 2. The number of carbonyl (C=O) groups is 2. The van der Waals surface area contributed by atoms with E-state index in [2.05, 4.69) is 5.32 Å². The number of piperidine rings is 1. The maximum atomic E-state index is 13.7. The molecule has 2 aliphatic heterocycles. The van der Waals surface area contributed by atoms with Crippen molar-refractivity contribution in [1.29, 1.82) is 0 Å². The summed E-state index contributed by atoms with van der Waals surface area (Å²) < 4.78 is 38.1. The van der Waals surface area contributed by atoms with Crippen LogP contribution in [0.5, 0.6) is 5.75 Å². The summed E-state index contributed by atoms with van der Waals surface area (Å²) in [6.07, 6.45) is 0.393. The highest BCUT2D eigenvalue weighted by Gasteiger charge is 2.40. The topological polar surface area (TPSA) is 125 Å². The van der Waals surface area contributed by atoms with Crippen LogP contribution in [0.2, 0.25) is 0 Å². The molecule has 0 spiro atoms. The minimum Gasteiger partial charge on any atom is -0.495 e. The lowest BCUT2D eigenvalue weighted by molar-refractivity contribution is -0.139. The maximum Gasteiger partial charge on any atom is 0.320 e. The Hall–Kier alpha value is -3.15. The number of hydrogen-bond acceptors (Lipinski definition) is 7. The lowest BCUT2D eigenvalue weighted by Gasteiger charge is -2.43. The summed E-state index contributed by atoms with van der Waals surface area (Å²) in [5, 5.41) is 12.7. The van der Waals surface area contributed by atoms with Crippen LogP contribution < -0.4 is 10.1 Å². The van der Waals surface area contributed by atoms with Crippen molar-refractivity contribution in [3.05, 3.63) is 48.5 Å². The van der Waals surface area contributed by atoms with Gasteiger partial charge in [0.2, 0.25) is 0 Å². The summed E-state index contributed by atoms with van der Waals surface area (Å²) in [4.78, 5) is 28.1. The molecule has 0 atom stereocenters. The second-order valence-electron chi connectivity index (χ2n) is 9.36. The molecule has 2 N–H and O–H groups in total. The highest BCUT2D eigenvalue weighted by Crippen LogP contribution is 2.36. The lowest BCUT2D eigenvalue weighted by atomic mass is 9.84. The number of benzene rings is 2. The van der Waals surface area contributed by atoms with Gasteiger partial charge in [-0.15, -0.1) is 0 Å². The van der Waals surface area contributed by atoms with Crippen LogP contribution in [0.3, 0.4) is 0 Å². The van der Waals surface area contributed by atoms with Gasteiger partial charge in [-0.3, -0.25) is 10.1 Å². The number of carbonyl (C=O) groups excluding carboxylic acids is 1. The molecule has 4 rings (SSSR count). The molecule has 0 radical (unpaired) electrons. The van der Waals surface area contributed by atoms with Gasteiger partial charge in [0.15, 0.2) is 9.84 Å². The maximum absolute atomic E-state index is 13.7. The number of urea groups is 1. The number of sulfone groups is 1. The SMILES string of the molecule is COc1cccc(-c2ccccc2)c1S(=O)(=O)CNC1(CC(=O)O)CCN(C(=O)N2CCOCC2)CC1. The second-order valence-corrected chi connectivity index (χ2v) is 11.3. The minimum atomic E-state index is -3.93. The number of morpholine rings is 1. The van der Waals surface area contributed by atoms with Crippen LogP contribution >= 0.6 is 0 Å². The van der Waals surface area contributed by atoms with Gasteiger partial charge >= 0.3 is 12.0 Å². The van der Waals surface area contributed by atoms with E-state index in [1.807, 2.05) is 30.3 Å². The third-order valence-corrected chi connectivity index (χ3v) is 8.56. The number of carboxylic acid groups (broad SMARTS) is 1. The molecule has 2 aromatic rings. The average molecular weight is 532 g/mol. The van der Waals surface area contributed by atoms with E-state index in [-0.39, 0.29) is 23.1 Å². The molecule has 37 heavy (non-hydrogen) atoms. The summed E-state index contributed by atoms with van der Waals surface area (Å²) in [5.41, 5.74) is 0.283. The van der Waals surface area contributed by atoms with Crippen molar-refractivity contribution >= 4 is 21.8 Å². The first-order valence-corrected chi connectivity index (χ1v) is 13.9. The molecule has 2 aromatic carbocycles. The molecule has 2 amide bonds. The van der Waals surface area contributed by atoms with Crippen molar-refractivity contribution < 1.29 is 32.6 Å².